The van der Waals surface area contributed by atoms with Crippen molar-refractivity contribution in [1.82, 2.24) is 4.90 Å². The maximum absolute atomic E-state index is 13.2. The molecule has 0 N–H and O–H groups in total. The lowest BCUT2D eigenvalue weighted by Crippen LogP contribution is -2.58. The zero-order chi connectivity index (χ0) is 14.4. The van der Waals surface area contributed by atoms with E-state index in [0.717, 1.165) is 6.42 Å². The molecule has 0 aromatic rings. The average Bonchev–Trinajstić information content (AvgIpc) is 2.88. The predicted octanol–water partition coefficient (Wildman–Crippen LogP) is 2.60. The van der Waals surface area contributed by atoms with Crippen molar-refractivity contribution in [3.05, 3.63) is 0 Å². The summed E-state index contributed by atoms with van der Waals surface area (Å²) in [5, 5.41) is 0. The molecule has 1 amide bonds. The molecule has 2 atom stereocenters. The highest BCUT2D eigenvalue weighted by Crippen LogP contribution is 2.56. The molecule has 3 rings (SSSR count). The molecule has 0 unspecified atom stereocenters. The molecule has 2 heterocycles. The van der Waals surface area contributed by atoms with Crippen LogP contribution in [0.25, 0.3) is 0 Å². The van der Waals surface area contributed by atoms with Crippen LogP contribution in [0.5, 0.6) is 0 Å². The van der Waals surface area contributed by atoms with E-state index in [4.69, 9.17) is 4.74 Å². The number of ether oxygens (including phenoxy) is 1. The Hall–Kier alpha value is -0.780. The Kier molecular flexibility index (Phi) is 3.47. The molecule has 0 aromatic heterocycles. The normalized spacial score (nSPS) is 33.2. The minimum atomic E-state index is -4.13. The zero-order valence-electron chi connectivity index (χ0n) is 11.4. The van der Waals surface area contributed by atoms with Crippen molar-refractivity contribution in [2.24, 2.45) is 17.3 Å². The fourth-order valence-electron chi connectivity index (χ4n) is 3.98. The fourth-order valence-corrected chi connectivity index (χ4v) is 3.98. The van der Waals surface area contributed by atoms with Gasteiger partial charge in [-0.15, -0.1) is 0 Å². The second-order valence-corrected chi connectivity index (χ2v) is 6.42. The van der Waals surface area contributed by atoms with E-state index in [0.29, 0.717) is 32.5 Å². The Labute approximate surface area is 116 Å². The number of rotatable bonds is 1. The van der Waals surface area contributed by atoms with E-state index < -0.39 is 17.5 Å². The van der Waals surface area contributed by atoms with Gasteiger partial charge in [0.05, 0.1) is 18.4 Å². The molecular weight excluding hydrogens is 271 g/mol. The lowest BCUT2D eigenvalue weighted by molar-refractivity contribution is -0.238. The number of alkyl halides is 3. The van der Waals surface area contributed by atoms with Gasteiger partial charge in [-0.05, 0) is 31.1 Å². The minimum Gasteiger partial charge on any atom is -0.381 e. The molecule has 0 aromatic carbocycles. The highest BCUT2D eigenvalue weighted by molar-refractivity contribution is 5.79. The molecule has 0 radical (unpaired) electrons. The molecule has 3 fully saturated rings. The van der Waals surface area contributed by atoms with Gasteiger partial charge < -0.3 is 9.64 Å². The Bertz CT molecular complexity index is 386. The van der Waals surface area contributed by atoms with Crippen LogP contribution >= 0.6 is 0 Å². The Morgan fingerprint density at radius 3 is 2.50 bits per heavy atom. The predicted molar refractivity (Wildman–Crippen MR) is 66.0 cm³/mol. The second-order valence-electron chi connectivity index (χ2n) is 6.42. The average molecular weight is 291 g/mol. The summed E-state index contributed by atoms with van der Waals surface area (Å²) in [7, 11) is 0. The molecule has 1 spiro atoms. The molecule has 3 aliphatic rings. The van der Waals surface area contributed by atoms with Gasteiger partial charge in [-0.3, -0.25) is 4.79 Å². The summed E-state index contributed by atoms with van der Waals surface area (Å²) in [4.78, 5) is 14.0. The first kappa shape index (κ1) is 14.2. The fraction of sp³-hybridized carbons (Fsp3) is 0.929. The summed E-state index contributed by atoms with van der Waals surface area (Å²) < 4.78 is 44.7. The van der Waals surface area contributed by atoms with Crippen molar-refractivity contribution in [3.8, 4) is 0 Å². The van der Waals surface area contributed by atoms with Crippen LogP contribution in [0.3, 0.4) is 0 Å². The smallest absolute Gasteiger partial charge is 0.381 e. The molecule has 1 saturated carbocycles. The summed E-state index contributed by atoms with van der Waals surface area (Å²) in [6, 6.07) is 0. The van der Waals surface area contributed by atoms with Gasteiger partial charge in [-0.1, -0.05) is 6.42 Å². The zero-order valence-corrected chi connectivity index (χ0v) is 11.4. The maximum atomic E-state index is 13.2. The molecule has 1 aliphatic carbocycles. The largest absolute Gasteiger partial charge is 0.392 e. The van der Waals surface area contributed by atoms with E-state index in [-0.39, 0.29) is 31.3 Å². The van der Waals surface area contributed by atoms with Crippen molar-refractivity contribution in [1.29, 1.82) is 0 Å². The van der Waals surface area contributed by atoms with Crippen LogP contribution in [0.2, 0.25) is 0 Å². The summed E-state index contributed by atoms with van der Waals surface area (Å²) in [5.74, 6) is -1.38. The van der Waals surface area contributed by atoms with Crippen LogP contribution in [-0.2, 0) is 9.53 Å². The van der Waals surface area contributed by atoms with Crippen molar-refractivity contribution in [2.75, 3.05) is 26.3 Å². The lowest BCUT2D eigenvalue weighted by atomic mass is 9.58. The van der Waals surface area contributed by atoms with Crippen LogP contribution in [0.15, 0.2) is 0 Å². The van der Waals surface area contributed by atoms with Gasteiger partial charge in [0.1, 0.15) is 0 Å². The SMILES string of the molecule is O=C([C@H]1CCOC1)N1CC[C@H](C(F)(F)F)C2(CCC2)C1. The number of piperidine rings is 1. The first-order chi connectivity index (χ1) is 9.42. The number of hydrogen-bond acceptors (Lipinski definition) is 2. The number of amides is 1. The monoisotopic (exact) mass is 291 g/mol. The Morgan fingerprint density at radius 2 is 2.00 bits per heavy atom. The number of likely N-dealkylation sites (tertiary alicyclic amines) is 1. The summed E-state index contributed by atoms with van der Waals surface area (Å²) in [6.07, 6.45) is -1.33. The van der Waals surface area contributed by atoms with E-state index in [1.54, 1.807) is 4.90 Å². The van der Waals surface area contributed by atoms with E-state index in [9.17, 15) is 18.0 Å². The van der Waals surface area contributed by atoms with Crippen molar-refractivity contribution < 1.29 is 22.7 Å². The molecule has 3 nitrogen and oxygen atoms in total. The molecule has 0 bridgehead atoms. The number of hydrogen-bond donors (Lipinski definition) is 0. The first-order valence-corrected chi connectivity index (χ1v) is 7.36. The molecular formula is C14H20F3NO2. The van der Waals surface area contributed by atoms with E-state index >= 15 is 0 Å². The number of halogens is 3. The molecule has 6 heteroatoms. The van der Waals surface area contributed by atoms with Crippen molar-refractivity contribution in [2.45, 2.75) is 38.3 Å². The minimum absolute atomic E-state index is 0.00519. The van der Waals surface area contributed by atoms with Gasteiger partial charge in [-0.25, -0.2) is 0 Å². The molecule has 20 heavy (non-hydrogen) atoms. The van der Waals surface area contributed by atoms with Crippen LogP contribution < -0.4 is 0 Å². The molecule has 2 saturated heterocycles. The summed E-state index contributed by atoms with van der Waals surface area (Å²) in [5.41, 5.74) is -0.703. The van der Waals surface area contributed by atoms with Crippen LogP contribution in [0.4, 0.5) is 13.2 Å². The lowest BCUT2D eigenvalue weighted by Gasteiger charge is -2.54. The Morgan fingerprint density at radius 1 is 1.25 bits per heavy atom. The van der Waals surface area contributed by atoms with E-state index in [1.807, 2.05) is 0 Å². The summed E-state index contributed by atoms with van der Waals surface area (Å²) >= 11 is 0. The Balaban J connectivity index is 1.71. The third kappa shape index (κ3) is 2.32. The topological polar surface area (TPSA) is 29.5 Å². The third-order valence-corrected chi connectivity index (χ3v) is 5.27. The second kappa shape index (κ2) is 4.90. The van der Waals surface area contributed by atoms with Gasteiger partial charge in [0.2, 0.25) is 5.91 Å². The maximum Gasteiger partial charge on any atom is 0.392 e. The van der Waals surface area contributed by atoms with Crippen LogP contribution in [0, 0.1) is 17.3 Å². The third-order valence-electron chi connectivity index (χ3n) is 5.27. The number of carbonyl (C=O) groups is 1. The van der Waals surface area contributed by atoms with Gasteiger partial charge in [0.15, 0.2) is 0 Å². The van der Waals surface area contributed by atoms with E-state index in [2.05, 4.69) is 0 Å². The van der Waals surface area contributed by atoms with Crippen LogP contribution in [-0.4, -0.2) is 43.3 Å². The van der Waals surface area contributed by atoms with Gasteiger partial charge in [0.25, 0.3) is 0 Å². The quantitative estimate of drug-likeness (QED) is 0.743. The highest BCUT2D eigenvalue weighted by Gasteiger charge is 2.58. The van der Waals surface area contributed by atoms with Gasteiger partial charge in [-0.2, -0.15) is 13.2 Å². The van der Waals surface area contributed by atoms with Crippen LogP contribution in [0.1, 0.15) is 32.1 Å². The summed E-state index contributed by atoms with van der Waals surface area (Å²) in [6.45, 7) is 1.53. The highest BCUT2D eigenvalue weighted by atomic mass is 19.4. The standard InChI is InChI=1S/C14H20F3NO2/c15-14(16,17)11-2-6-18(9-13(11)4-1-5-13)12(19)10-3-7-20-8-10/h10-11H,1-9H2/t10-,11-/m0/s1. The number of carbonyl (C=O) groups excluding carboxylic acids is 1. The molecule has 114 valence electrons. The van der Waals surface area contributed by atoms with Gasteiger partial charge in [0, 0.05) is 19.7 Å². The number of nitrogens with zero attached hydrogens (tertiary/aromatic N) is 1. The first-order valence-electron chi connectivity index (χ1n) is 7.36. The van der Waals surface area contributed by atoms with Crippen molar-refractivity contribution in [3.63, 3.8) is 0 Å². The molecule has 2 aliphatic heterocycles. The van der Waals surface area contributed by atoms with Gasteiger partial charge >= 0.3 is 6.18 Å². The van der Waals surface area contributed by atoms with E-state index in [1.165, 1.54) is 0 Å². The van der Waals surface area contributed by atoms with Crippen molar-refractivity contribution >= 4 is 5.91 Å².